The van der Waals surface area contributed by atoms with E-state index in [0.29, 0.717) is 21.3 Å². The lowest BCUT2D eigenvalue weighted by atomic mass is 10.1. The predicted molar refractivity (Wildman–Crippen MR) is 146 cm³/mol. The van der Waals surface area contributed by atoms with E-state index < -0.39 is 34.1 Å². The number of benzene rings is 2. The van der Waals surface area contributed by atoms with Gasteiger partial charge < -0.3 is 10.2 Å². The van der Waals surface area contributed by atoms with Crippen LogP contribution in [0.25, 0.3) is 0 Å². The van der Waals surface area contributed by atoms with E-state index >= 15 is 0 Å². The number of sulfonamides is 1. The summed E-state index contributed by atoms with van der Waals surface area (Å²) in [5.41, 5.74) is 0.500. The fraction of sp³-hybridized carbons (Fsp3) is 0.391. The highest BCUT2D eigenvalue weighted by atomic mass is 127. The molecule has 11 heteroatoms. The van der Waals surface area contributed by atoms with Crippen LogP contribution in [0.4, 0.5) is 5.69 Å². The van der Waals surface area contributed by atoms with Gasteiger partial charge in [0.1, 0.15) is 12.6 Å². The van der Waals surface area contributed by atoms with Gasteiger partial charge in [0.25, 0.3) is 0 Å². The van der Waals surface area contributed by atoms with Gasteiger partial charge in [-0.3, -0.25) is 13.9 Å². The Labute approximate surface area is 225 Å². The molecule has 0 aliphatic heterocycles. The van der Waals surface area contributed by atoms with E-state index in [4.69, 9.17) is 23.2 Å². The van der Waals surface area contributed by atoms with Gasteiger partial charge in [-0.1, -0.05) is 29.3 Å². The van der Waals surface area contributed by atoms with E-state index in [9.17, 15) is 18.0 Å². The van der Waals surface area contributed by atoms with Crippen molar-refractivity contribution in [2.24, 2.45) is 0 Å². The molecule has 2 aromatic rings. The van der Waals surface area contributed by atoms with Crippen LogP contribution in [0, 0.1) is 3.57 Å². The normalized spacial score (nSPS) is 12.7. The molecule has 0 aliphatic carbocycles. The zero-order valence-corrected chi connectivity index (χ0v) is 24.1. The molecule has 7 nitrogen and oxygen atoms in total. The standard InChI is InChI=1S/C23H28Cl2IN3O4S/c1-15(22(31)27-23(2,3)4)28(13-16-6-11-19(24)20(25)12-16)21(30)14-29(34(5,32)33)18-9-7-17(26)8-10-18/h6-12,15H,13-14H2,1-5H3,(H,27,31)/t15-/m0/s1. The molecule has 1 N–H and O–H groups in total. The Hall–Kier alpha value is -1.56. The fourth-order valence-corrected chi connectivity index (χ4v) is 4.64. The molecule has 0 saturated carbocycles. The van der Waals surface area contributed by atoms with E-state index in [1.165, 1.54) is 4.90 Å². The number of carbonyl (C=O) groups excluding carboxylic acids is 2. The van der Waals surface area contributed by atoms with Crippen molar-refractivity contribution in [3.8, 4) is 0 Å². The maximum Gasteiger partial charge on any atom is 0.244 e. The minimum atomic E-state index is -3.78. The SMILES string of the molecule is C[C@@H](C(=O)NC(C)(C)C)N(Cc1ccc(Cl)c(Cl)c1)C(=O)CN(c1ccc(I)cc1)S(C)(=O)=O. The number of halogens is 3. The van der Waals surface area contributed by atoms with Crippen LogP contribution >= 0.6 is 45.8 Å². The first kappa shape index (κ1) is 28.7. The second kappa shape index (κ2) is 11.5. The van der Waals surface area contributed by atoms with Gasteiger partial charge in [0.05, 0.1) is 22.0 Å². The quantitative estimate of drug-likeness (QED) is 0.425. The van der Waals surface area contributed by atoms with Gasteiger partial charge in [0.2, 0.25) is 21.8 Å². The number of amides is 2. The van der Waals surface area contributed by atoms with E-state index in [1.54, 1.807) is 49.4 Å². The molecule has 186 valence electrons. The summed E-state index contributed by atoms with van der Waals surface area (Å²) in [6, 6.07) is 10.8. The van der Waals surface area contributed by atoms with Gasteiger partial charge in [-0.2, -0.15) is 0 Å². The maximum absolute atomic E-state index is 13.5. The third-order valence-corrected chi connectivity index (χ3v) is 7.40. The number of anilines is 1. The van der Waals surface area contributed by atoms with E-state index in [1.807, 2.05) is 20.8 Å². The smallest absolute Gasteiger partial charge is 0.244 e. The van der Waals surface area contributed by atoms with Gasteiger partial charge >= 0.3 is 0 Å². The summed E-state index contributed by atoms with van der Waals surface area (Å²) in [4.78, 5) is 27.7. The summed E-state index contributed by atoms with van der Waals surface area (Å²) in [6.07, 6.45) is 1.04. The topological polar surface area (TPSA) is 86.8 Å². The van der Waals surface area contributed by atoms with Crippen LogP contribution in [-0.4, -0.2) is 49.5 Å². The number of rotatable bonds is 8. The Balaban J connectivity index is 2.42. The minimum absolute atomic E-state index is 0.0404. The van der Waals surface area contributed by atoms with Crippen molar-refractivity contribution in [1.29, 1.82) is 0 Å². The van der Waals surface area contributed by atoms with Gasteiger partial charge in [-0.15, -0.1) is 0 Å². The van der Waals surface area contributed by atoms with Crippen LogP contribution in [0.15, 0.2) is 42.5 Å². The maximum atomic E-state index is 13.5. The molecule has 2 amide bonds. The first-order valence-electron chi connectivity index (χ1n) is 10.4. The molecule has 34 heavy (non-hydrogen) atoms. The third-order valence-electron chi connectivity index (χ3n) is 4.80. The largest absolute Gasteiger partial charge is 0.350 e. The Morgan fingerprint density at radius 3 is 2.15 bits per heavy atom. The highest BCUT2D eigenvalue weighted by molar-refractivity contribution is 14.1. The van der Waals surface area contributed by atoms with Crippen LogP contribution in [0.2, 0.25) is 10.0 Å². The number of hydrogen-bond donors (Lipinski definition) is 1. The Bertz CT molecular complexity index is 1150. The lowest BCUT2D eigenvalue weighted by Crippen LogP contribution is -2.54. The lowest BCUT2D eigenvalue weighted by Gasteiger charge is -2.33. The zero-order chi connectivity index (χ0) is 25.8. The molecule has 0 spiro atoms. The average molecular weight is 640 g/mol. The minimum Gasteiger partial charge on any atom is -0.350 e. The summed E-state index contributed by atoms with van der Waals surface area (Å²) in [6.45, 7) is 6.69. The zero-order valence-electron chi connectivity index (χ0n) is 19.6. The fourth-order valence-electron chi connectivity index (χ4n) is 3.11. The van der Waals surface area contributed by atoms with Crippen LogP contribution < -0.4 is 9.62 Å². The molecule has 1 atom stereocenters. The van der Waals surface area contributed by atoms with Crippen molar-refractivity contribution in [2.75, 3.05) is 17.1 Å². The average Bonchev–Trinajstić information content (AvgIpc) is 2.71. The van der Waals surface area contributed by atoms with Crippen LogP contribution in [-0.2, 0) is 26.2 Å². The molecule has 0 aliphatic rings. The predicted octanol–water partition coefficient (Wildman–Crippen LogP) is 4.70. The molecule has 0 radical (unpaired) electrons. The monoisotopic (exact) mass is 639 g/mol. The summed E-state index contributed by atoms with van der Waals surface area (Å²) >= 11 is 14.3. The lowest BCUT2D eigenvalue weighted by molar-refractivity contribution is -0.140. The van der Waals surface area contributed by atoms with Gasteiger partial charge in [-0.25, -0.2) is 8.42 Å². The second-order valence-corrected chi connectivity index (χ2v) is 12.9. The Kier molecular flexibility index (Phi) is 9.66. The Morgan fingerprint density at radius 1 is 1.06 bits per heavy atom. The summed E-state index contributed by atoms with van der Waals surface area (Å²) in [5.74, 6) is -0.896. The Morgan fingerprint density at radius 2 is 1.65 bits per heavy atom. The molecule has 0 aromatic heterocycles. The van der Waals surface area contributed by atoms with Gasteiger partial charge in [-0.05, 0) is 92.2 Å². The highest BCUT2D eigenvalue weighted by Gasteiger charge is 2.31. The first-order chi connectivity index (χ1) is 15.6. The van der Waals surface area contributed by atoms with Crippen molar-refractivity contribution < 1.29 is 18.0 Å². The molecule has 2 rings (SSSR count). The molecule has 2 aromatic carbocycles. The van der Waals surface area contributed by atoms with Crippen molar-refractivity contribution in [3.63, 3.8) is 0 Å². The summed E-state index contributed by atoms with van der Waals surface area (Å²) < 4.78 is 27.1. The van der Waals surface area contributed by atoms with Crippen molar-refractivity contribution >= 4 is 73.3 Å². The van der Waals surface area contributed by atoms with Crippen LogP contribution in [0.3, 0.4) is 0 Å². The van der Waals surface area contributed by atoms with Crippen LogP contribution in [0.1, 0.15) is 33.3 Å². The number of nitrogens with zero attached hydrogens (tertiary/aromatic N) is 2. The molecular formula is C23H28Cl2IN3O4S. The third kappa shape index (κ3) is 8.28. The van der Waals surface area contributed by atoms with E-state index in [-0.39, 0.29) is 12.5 Å². The molecule has 0 heterocycles. The molecule has 0 unspecified atom stereocenters. The second-order valence-electron chi connectivity index (χ2n) is 8.93. The van der Waals surface area contributed by atoms with Gasteiger partial charge in [0.15, 0.2) is 0 Å². The van der Waals surface area contributed by atoms with Crippen LogP contribution in [0.5, 0.6) is 0 Å². The van der Waals surface area contributed by atoms with Crippen molar-refractivity contribution in [1.82, 2.24) is 10.2 Å². The number of hydrogen-bond acceptors (Lipinski definition) is 4. The number of carbonyl (C=O) groups is 2. The molecular weight excluding hydrogens is 612 g/mol. The van der Waals surface area contributed by atoms with Crippen molar-refractivity contribution in [2.45, 2.75) is 45.8 Å². The molecule has 0 fully saturated rings. The first-order valence-corrected chi connectivity index (χ1v) is 14.1. The molecule has 0 saturated heterocycles. The van der Waals surface area contributed by atoms with Crippen molar-refractivity contribution in [3.05, 3.63) is 61.6 Å². The highest BCUT2D eigenvalue weighted by Crippen LogP contribution is 2.25. The molecule has 0 bridgehead atoms. The number of nitrogens with one attached hydrogen (secondary N) is 1. The van der Waals surface area contributed by atoms with E-state index in [0.717, 1.165) is 14.1 Å². The summed E-state index contributed by atoms with van der Waals surface area (Å²) in [7, 11) is -3.78. The summed E-state index contributed by atoms with van der Waals surface area (Å²) in [5, 5.41) is 3.55. The van der Waals surface area contributed by atoms with Gasteiger partial charge in [0, 0.05) is 15.7 Å². The van der Waals surface area contributed by atoms with E-state index in [2.05, 4.69) is 27.9 Å².